The zero-order valence-corrected chi connectivity index (χ0v) is 15.9. The molecule has 5 aromatic carbocycles. The van der Waals surface area contributed by atoms with E-state index in [1.807, 2.05) is 24.3 Å². The van der Waals surface area contributed by atoms with E-state index in [0.29, 0.717) is 5.75 Å². The Morgan fingerprint density at radius 2 is 0.862 bits per heavy atom. The largest absolute Gasteiger partial charge is 0.507 e. The van der Waals surface area contributed by atoms with Crippen LogP contribution < -0.4 is 0 Å². The molecule has 0 fully saturated rings. The molecule has 138 valence electrons. The maximum atomic E-state index is 10.5. The summed E-state index contributed by atoms with van der Waals surface area (Å²) in [5, 5.41) is 12.7. The smallest absolute Gasteiger partial charge is 0.124 e. The number of phenols is 1. The highest BCUT2D eigenvalue weighted by Gasteiger charge is 2.09. The molecule has 0 amide bonds. The summed E-state index contributed by atoms with van der Waals surface area (Å²) in [6, 6.07) is 39.3. The molecule has 0 atom stereocenters. The van der Waals surface area contributed by atoms with Gasteiger partial charge in [-0.15, -0.1) is 0 Å². The van der Waals surface area contributed by atoms with E-state index < -0.39 is 0 Å². The summed E-state index contributed by atoms with van der Waals surface area (Å²) in [6.07, 6.45) is 0. The molecule has 1 heteroatoms. The van der Waals surface area contributed by atoms with Gasteiger partial charge in [-0.25, -0.2) is 0 Å². The molecule has 0 aliphatic heterocycles. The lowest BCUT2D eigenvalue weighted by molar-refractivity contribution is 0.478. The monoisotopic (exact) mass is 372 g/mol. The predicted molar refractivity (Wildman–Crippen MR) is 122 cm³/mol. The van der Waals surface area contributed by atoms with E-state index in [0.717, 1.165) is 27.5 Å². The van der Waals surface area contributed by atoms with Gasteiger partial charge in [0.25, 0.3) is 0 Å². The van der Waals surface area contributed by atoms with E-state index in [9.17, 15) is 5.11 Å². The van der Waals surface area contributed by atoms with Crippen LogP contribution in [0.4, 0.5) is 0 Å². The van der Waals surface area contributed by atoms with Crippen LogP contribution in [0.1, 0.15) is 0 Å². The van der Waals surface area contributed by atoms with Crippen molar-refractivity contribution in [2.75, 3.05) is 0 Å². The number of hydrogen-bond donors (Lipinski definition) is 1. The number of benzene rings is 5. The van der Waals surface area contributed by atoms with Crippen molar-refractivity contribution in [2.45, 2.75) is 0 Å². The van der Waals surface area contributed by atoms with Crippen molar-refractivity contribution in [3.05, 3.63) is 115 Å². The Kier molecular flexibility index (Phi) is 4.34. The van der Waals surface area contributed by atoms with Gasteiger partial charge in [0.2, 0.25) is 0 Å². The Hall–Kier alpha value is -3.84. The first-order valence-corrected chi connectivity index (χ1v) is 9.77. The maximum Gasteiger partial charge on any atom is 0.124 e. The van der Waals surface area contributed by atoms with Gasteiger partial charge in [-0.1, -0.05) is 109 Å². The van der Waals surface area contributed by atoms with Gasteiger partial charge in [-0.3, -0.25) is 0 Å². The molecule has 1 N–H and O–H groups in total. The van der Waals surface area contributed by atoms with Gasteiger partial charge in [0, 0.05) is 5.56 Å². The standard InChI is InChI=1S/C28H20O/c29-27-19-18-24-8-4-5-9-26(24)28(27)25-16-14-23(15-17-25)22-12-10-21(11-13-22)20-6-2-1-3-7-20/h1-19,29H. The Balaban J connectivity index is 1.49. The third kappa shape index (κ3) is 3.28. The van der Waals surface area contributed by atoms with Gasteiger partial charge < -0.3 is 5.11 Å². The van der Waals surface area contributed by atoms with Crippen molar-refractivity contribution in [3.8, 4) is 39.1 Å². The van der Waals surface area contributed by atoms with Gasteiger partial charge in [0.05, 0.1) is 0 Å². The molecule has 0 aliphatic carbocycles. The van der Waals surface area contributed by atoms with Crippen molar-refractivity contribution in [2.24, 2.45) is 0 Å². The van der Waals surface area contributed by atoms with Crippen molar-refractivity contribution < 1.29 is 5.11 Å². The molecule has 0 spiro atoms. The quantitative estimate of drug-likeness (QED) is 0.347. The minimum atomic E-state index is 0.309. The van der Waals surface area contributed by atoms with Gasteiger partial charge in [-0.05, 0) is 44.7 Å². The fourth-order valence-corrected chi connectivity index (χ4v) is 3.88. The Bertz CT molecular complexity index is 1270. The first-order valence-electron chi connectivity index (χ1n) is 9.77. The molecular formula is C28H20O. The van der Waals surface area contributed by atoms with Gasteiger partial charge >= 0.3 is 0 Å². The van der Waals surface area contributed by atoms with Gasteiger partial charge in [-0.2, -0.15) is 0 Å². The van der Waals surface area contributed by atoms with Gasteiger partial charge in [0.15, 0.2) is 0 Å². The summed E-state index contributed by atoms with van der Waals surface area (Å²) in [7, 11) is 0. The summed E-state index contributed by atoms with van der Waals surface area (Å²) in [5.74, 6) is 0.309. The maximum absolute atomic E-state index is 10.5. The van der Waals surface area contributed by atoms with E-state index >= 15 is 0 Å². The lowest BCUT2D eigenvalue weighted by Crippen LogP contribution is -1.84. The third-order valence-electron chi connectivity index (χ3n) is 5.41. The Morgan fingerprint density at radius 3 is 1.48 bits per heavy atom. The average Bonchev–Trinajstić information content (AvgIpc) is 2.80. The fourth-order valence-electron chi connectivity index (χ4n) is 3.88. The van der Waals surface area contributed by atoms with Gasteiger partial charge in [0.1, 0.15) is 5.75 Å². The molecule has 0 saturated carbocycles. The highest BCUT2D eigenvalue weighted by atomic mass is 16.3. The molecule has 0 unspecified atom stereocenters. The second-order valence-electron chi connectivity index (χ2n) is 7.20. The second kappa shape index (κ2) is 7.29. The molecule has 0 radical (unpaired) electrons. The average molecular weight is 372 g/mol. The van der Waals surface area contributed by atoms with E-state index in [1.54, 1.807) is 6.07 Å². The van der Waals surface area contributed by atoms with Crippen molar-refractivity contribution in [1.29, 1.82) is 0 Å². The Labute approximate surface area is 170 Å². The van der Waals surface area contributed by atoms with Crippen LogP contribution in [0, 0.1) is 0 Å². The van der Waals surface area contributed by atoms with Crippen LogP contribution in [0.3, 0.4) is 0 Å². The summed E-state index contributed by atoms with van der Waals surface area (Å²) < 4.78 is 0. The molecule has 0 aromatic heterocycles. The highest BCUT2D eigenvalue weighted by molar-refractivity contribution is 5.99. The van der Waals surface area contributed by atoms with E-state index in [1.165, 1.54) is 16.7 Å². The molecule has 0 saturated heterocycles. The van der Waals surface area contributed by atoms with Crippen molar-refractivity contribution >= 4 is 10.8 Å². The highest BCUT2D eigenvalue weighted by Crippen LogP contribution is 2.37. The minimum absolute atomic E-state index is 0.309. The minimum Gasteiger partial charge on any atom is -0.507 e. The van der Waals surface area contributed by atoms with Crippen LogP contribution >= 0.6 is 0 Å². The predicted octanol–water partition coefficient (Wildman–Crippen LogP) is 7.55. The molecule has 0 heterocycles. The summed E-state index contributed by atoms with van der Waals surface area (Å²) >= 11 is 0. The zero-order valence-electron chi connectivity index (χ0n) is 15.9. The zero-order chi connectivity index (χ0) is 19.6. The topological polar surface area (TPSA) is 20.2 Å². The van der Waals surface area contributed by atoms with Crippen LogP contribution in [0.2, 0.25) is 0 Å². The second-order valence-corrected chi connectivity index (χ2v) is 7.20. The number of rotatable bonds is 3. The van der Waals surface area contributed by atoms with Crippen LogP contribution in [0.15, 0.2) is 115 Å². The molecule has 0 bridgehead atoms. The molecule has 29 heavy (non-hydrogen) atoms. The summed E-state index contributed by atoms with van der Waals surface area (Å²) in [6.45, 7) is 0. The normalized spacial score (nSPS) is 10.9. The first kappa shape index (κ1) is 17.3. The molecule has 0 aliphatic rings. The SMILES string of the molecule is Oc1ccc2ccccc2c1-c1ccc(-c2ccc(-c3ccccc3)cc2)cc1. The lowest BCUT2D eigenvalue weighted by atomic mass is 9.95. The number of fused-ring (bicyclic) bond motifs is 1. The number of phenolic OH excluding ortho intramolecular Hbond substituents is 1. The van der Waals surface area contributed by atoms with Crippen LogP contribution in [-0.4, -0.2) is 5.11 Å². The number of aromatic hydroxyl groups is 1. The first-order chi connectivity index (χ1) is 14.3. The van der Waals surface area contributed by atoms with Crippen LogP contribution in [-0.2, 0) is 0 Å². The van der Waals surface area contributed by atoms with E-state index in [2.05, 4.69) is 84.9 Å². The van der Waals surface area contributed by atoms with Crippen LogP contribution in [0.5, 0.6) is 5.75 Å². The molecule has 5 aromatic rings. The number of hydrogen-bond acceptors (Lipinski definition) is 1. The van der Waals surface area contributed by atoms with Crippen molar-refractivity contribution in [3.63, 3.8) is 0 Å². The Morgan fingerprint density at radius 1 is 0.379 bits per heavy atom. The van der Waals surface area contributed by atoms with Crippen LogP contribution in [0.25, 0.3) is 44.2 Å². The fraction of sp³-hybridized carbons (Fsp3) is 0. The van der Waals surface area contributed by atoms with Crippen molar-refractivity contribution in [1.82, 2.24) is 0 Å². The van der Waals surface area contributed by atoms with E-state index in [-0.39, 0.29) is 0 Å². The summed E-state index contributed by atoms with van der Waals surface area (Å²) in [4.78, 5) is 0. The lowest BCUT2D eigenvalue weighted by Gasteiger charge is -2.11. The molecule has 5 rings (SSSR count). The third-order valence-corrected chi connectivity index (χ3v) is 5.41. The molecule has 1 nitrogen and oxygen atoms in total. The van der Waals surface area contributed by atoms with E-state index in [4.69, 9.17) is 0 Å². The molecular weight excluding hydrogens is 352 g/mol. The summed E-state index contributed by atoms with van der Waals surface area (Å²) in [5.41, 5.74) is 6.68.